The first-order chi connectivity index (χ1) is 5.38. The molecular weight excluding hydrogens is 134 g/mol. The van der Waals surface area contributed by atoms with E-state index < -0.39 is 0 Å². The Balaban J connectivity index is 2.20. The summed E-state index contributed by atoms with van der Waals surface area (Å²) in [6.45, 7) is 5.85. The predicted molar refractivity (Wildman–Crippen MR) is 49.7 cm³/mol. The molecule has 2 atom stereocenters. The van der Waals surface area contributed by atoms with Crippen LogP contribution in [0.1, 0.15) is 46.0 Å². The summed E-state index contributed by atoms with van der Waals surface area (Å²) in [5.74, 6) is 0.974. The normalized spacial score (nSPS) is 31.1. The van der Waals surface area contributed by atoms with Gasteiger partial charge in [0.25, 0.3) is 0 Å². The van der Waals surface area contributed by atoms with Crippen LogP contribution in [-0.4, -0.2) is 12.6 Å². The first kappa shape index (κ1) is 9.05. The van der Waals surface area contributed by atoms with Crippen molar-refractivity contribution < 1.29 is 0 Å². The van der Waals surface area contributed by atoms with E-state index in [0.29, 0.717) is 0 Å². The highest BCUT2D eigenvalue weighted by atomic mass is 14.9. The Hall–Kier alpha value is -0.0400. The lowest BCUT2D eigenvalue weighted by molar-refractivity contribution is 0.402. The minimum atomic E-state index is 0.847. The van der Waals surface area contributed by atoms with E-state index in [4.69, 9.17) is 0 Å². The lowest BCUT2D eigenvalue weighted by Gasteiger charge is -2.17. The molecule has 1 aliphatic heterocycles. The van der Waals surface area contributed by atoms with Gasteiger partial charge in [-0.1, -0.05) is 33.1 Å². The largest absolute Gasteiger partial charge is 0.314 e. The average molecular weight is 155 g/mol. The lowest BCUT2D eigenvalue weighted by Crippen LogP contribution is -2.26. The summed E-state index contributed by atoms with van der Waals surface area (Å²) in [5, 5.41) is 3.59. The van der Waals surface area contributed by atoms with Gasteiger partial charge in [0.1, 0.15) is 0 Å². The van der Waals surface area contributed by atoms with Crippen LogP contribution in [0.2, 0.25) is 0 Å². The lowest BCUT2D eigenvalue weighted by atomic mass is 9.94. The zero-order chi connectivity index (χ0) is 8.10. The van der Waals surface area contributed by atoms with Crippen LogP contribution < -0.4 is 5.32 Å². The van der Waals surface area contributed by atoms with Gasteiger partial charge in [-0.15, -0.1) is 0 Å². The zero-order valence-corrected chi connectivity index (χ0v) is 7.90. The van der Waals surface area contributed by atoms with Crippen molar-refractivity contribution in [1.29, 1.82) is 0 Å². The summed E-state index contributed by atoms with van der Waals surface area (Å²) >= 11 is 0. The number of hydrogen-bond acceptors (Lipinski definition) is 1. The number of hydrogen-bond donors (Lipinski definition) is 1. The molecule has 0 aromatic rings. The molecular formula is C10H21N. The standard InChI is InChI=1S/C10H21N/c1-3-5-6-10-9(4-2)7-8-11-10/h9-11H,3-8H2,1-2H3. The maximum atomic E-state index is 3.59. The van der Waals surface area contributed by atoms with Crippen molar-refractivity contribution in [3.8, 4) is 0 Å². The second-order valence-corrected chi connectivity index (χ2v) is 3.66. The molecule has 11 heavy (non-hydrogen) atoms. The van der Waals surface area contributed by atoms with Crippen molar-refractivity contribution in [2.24, 2.45) is 5.92 Å². The fourth-order valence-corrected chi connectivity index (χ4v) is 2.07. The molecule has 66 valence electrons. The number of unbranched alkanes of at least 4 members (excludes halogenated alkanes) is 1. The molecule has 1 rings (SSSR count). The first-order valence-electron chi connectivity index (χ1n) is 5.11. The Kier molecular flexibility index (Phi) is 3.92. The van der Waals surface area contributed by atoms with Gasteiger partial charge in [-0.3, -0.25) is 0 Å². The minimum absolute atomic E-state index is 0.847. The van der Waals surface area contributed by atoms with E-state index in [0.717, 1.165) is 12.0 Å². The molecule has 1 nitrogen and oxygen atoms in total. The number of rotatable bonds is 4. The second kappa shape index (κ2) is 4.76. The predicted octanol–water partition coefficient (Wildman–Crippen LogP) is 2.56. The molecule has 1 heterocycles. The third kappa shape index (κ3) is 2.48. The van der Waals surface area contributed by atoms with Crippen LogP contribution in [0.4, 0.5) is 0 Å². The highest BCUT2D eigenvalue weighted by Crippen LogP contribution is 2.22. The van der Waals surface area contributed by atoms with E-state index in [9.17, 15) is 0 Å². The molecule has 1 fully saturated rings. The van der Waals surface area contributed by atoms with Crippen molar-refractivity contribution in [2.45, 2.75) is 52.0 Å². The summed E-state index contributed by atoms with van der Waals surface area (Å²) in [6, 6.07) is 0.847. The first-order valence-corrected chi connectivity index (χ1v) is 5.11. The molecule has 0 spiro atoms. The van der Waals surface area contributed by atoms with Crippen LogP contribution in [0.15, 0.2) is 0 Å². The second-order valence-electron chi connectivity index (χ2n) is 3.66. The fraction of sp³-hybridized carbons (Fsp3) is 1.00. The third-order valence-electron chi connectivity index (χ3n) is 2.88. The Morgan fingerprint density at radius 2 is 2.18 bits per heavy atom. The van der Waals surface area contributed by atoms with Crippen LogP contribution >= 0.6 is 0 Å². The van der Waals surface area contributed by atoms with E-state index in [1.54, 1.807) is 0 Å². The molecule has 1 saturated heterocycles. The highest BCUT2D eigenvalue weighted by molar-refractivity contribution is 4.82. The highest BCUT2D eigenvalue weighted by Gasteiger charge is 2.23. The monoisotopic (exact) mass is 155 g/mol. The molecule has 0 amide bonds. The van der Waals surface area contributed by atoms with Gasteiger partial charge in [-0.05, 0) is 25.3 Å². The van der Waals surface area contributed by atoms with Gasteiger partial charge in [0.2, 0.25) is 0 Å². The fourth-order valence-electron chi connectivity index (χ4n) is 2.07. The molecule has 1 N–H and O–H groups in total. The van der Waals surface area contributed by atoms with Crippen LogP contribution in [0, 0.1) is 5.92 Å². The Morgan fingerprint density at radius 1 is 1.36 bits per heavy atom. The van der Waals surface area contributed by atoms with Crippen molar-refractivity contribution >= 4 is 0 Å². The summed E-state index contributed by atoms with van der Waals surface area (Å²) < 4.78 is 0. The minimum Gasteiger partial charge on any atom is -0.314 e. The van der Waals surface area contributed by atoms with Crippen molar-refractivity contribution in [3.63, 3.8) is 0 Å². The van der Waals surface area contributed by atoms with E-state index in [1.165, 1.54) is 38.6 Å². The van der Waals surface area contributed by atoms with Crippen LogP contribution in [0.3, 0.4) is 0 Å². The molecule has 0 radical (unpaired) electrons. The van der Waals surface area contributed by atoms with E-state index in [1.807, 2.05) is 0 Å². The Labute approximate surface area is 70.6 Å². The summed E-state index contributed by atoms with van der Waals surface area (Å²) in [7, 11) is 0. The van der Waals surface area contributed by atoms with Crippen molar-refractivity contribution in [3.05, 3.63) is 0 Å². The topological polar surface area (TPSA) is 12.0 Å². The van der Waals surface area contributed by atoms with Gasteiger partial charge in [-0.25, -0.2) is 0 Å². The van der Waals surface area contributed by atoms with Gasteiger partial charge < -0.3 is 5.32 Å². The average Bonchev–Trinajstić information content (AvgIpc) is 2.47. The molecule has 1 heteroatoms. The molecule has 1 aliphatic rings. The quantitative estimate of drug-likeness (QED) is 0.658. The van der Waals surface area contributed by atoms with Gasteiger partial charge in [0.05, 0.1) is 0 Å². The van der Waals surface area contributed by atoms with Gasteiger partial charge in [0, 0.05) is 6.04 Å². The zero-order valence-electron chi connectivity index (χ0n) is 7.90. The van der Waals surface area contributed by atoms with Crippen LogP contribution in [0.5, 0.6) is 0 Å². The number of nitrogens with one attached hydrogen (secondary N) is 1. The Morgan fingerprint density at radius 3 is 2.82 bits per heavy atom. The van der Waals surface area contributed by atoms with E-state index in [-0.39, 0.29) is 0 Å². The molecule has 0 bridgehead atoms. The van der Waals surface area contributed by atoms with E-state index >= 15 is 0 Å². The van der Waals surface area contributed by atoms with Gasteiger partial charge in [-0.2, -0.15) is 0 Å². The SMILES string of the molecule is CCCCC1NCCC1CC. The van der Waals surface area contributed by atoms with E-state index in [2.05, 4.69) is 19.2 Å². The summed E-state index contributed by atoms with van der Waals surface area (Å²) in [4.78, 5) is 0. The van der Waals surface area contributed by atoms with Crippen LogP contribution in [-0.2, 0) is 0 Å². The van der Waals surface area contributed by atoms with Crippen LogP contribution in [0.25, 0.3) is 0 Å². The Bertz CT molecular complexity index is 101. The smallest absolute Gasteiger partial charge is 0.00956 e. The molecule has 0 aromatic heterocycles. The summed E-state index contributed by atoms with van der Waals surface area (Å²) in [6.07, 6.45) is 6.91. The molecule has 0 saturated carbocycles. The maximum absolute atomic E-state index is 3.59. The maximum Gasteiger partial charge on any atom is 0.00956 e. The van der Waals surface area contributed by atoms with Gasteiger partial charge in [0.15, 0.2) is 0 Å². The molecule has 0 aromatic carbocycles. The van der Waals surface area contributed by atoms with Crippen molar-refractivity contribution in [1.82, 2.24) is 5.32 Å². The van der Waals surface area contributed by atoms with Gasteiger partial charge >= 0.3 is 0 Å². The van der Waals surface area contributed by atoms with Crippen molar-refractivity contribution in [2.75, 3.05) is 6.54 Å². The third-order valence-corrected chi connectivity index (χ3v) is 2.88. The summed E-state index contributed by atoms with van der Waals surface area (Å²) in [5.41, 5.74) is 0. The molecule has 2 unspecified atom stereocenters. The molecule has 0 aliphatic carbocycles.